The Balaban J connectivity index is 1.35. The lowest BCUT2D eigenvalue weighted by atomic mass is 10.1. The SMILES string of the molecule is CCOc1cc(/C=N\NC(=O)c2ccc(NC(=O)c3ccc(Br)cc3)cc2)ccc1OC(=O)c1ccc(Cl)cc1. The fourth-order valence-electron chi connectivity index (χ4n) is 3.44. The molecule has 40 heavy (non-hydrogen) atoms. The number of rotatable bonds is 9. The highest BCUT2D eigenvalue weighted by molar-refractivity contribution is 9.10. The van der Waals surface area contributed by atoms with Crippen molar-refractivity contribution in [1.82, 2.24) is 5.43 Å². The highest BCUT2D eigenvalue weighted by Crippen LogP contribution is 2.29. The molecule has 4 rings (SSSR count). The molecule has 0 fully saturated rings. The van der Waals surface area contributed by atoms with Gasteiger partial charge in [-0.15, -0.1) is 0 Å². The number of halogens is 2. The average molecular weight is 621 g/mol. The number of ether oxygens (including phenoxy) is 2. The molecule has 0 atom stereocenters. The van der Waals surface area contributed by atoms with Crippen LogP contribution in [0, 0.1) is 0 Å². The van der Waals surface area contributed by atoms with Gasteiger partial charge in [0.25, 0.3) is 11.8 Å². The van der Waals surface area contributed by atoms with E-state index in [0.717, 1.165) is 4.47 Å². The van der Waals surface area contributed by atoms with E-state index in [1.165, 1.54) is 6.21 Å². The Morgan fingerprint density at radius 1 is 0.825 bits per heavy atom. The molecule has 2 amide bonds. The van der Waals surface area contributed by atoms with Gasteiger partial charge in [-0.1, -0.05) is 27.5 Å². The summed E-state index contributed by atoms with van der Waals surface area (Å²) in [7, 11) is 0. The van der Waals surface area contributed by atoms with Crippen LogP contribution in [0.25, 0.3) is 0 Å². The maximum atomic E-state index is 12.5. The number of esters is 1. The molecule has 0 aliphatic heterocycles. The molecule has 4 aromatic rings. The zero-order valence-corrected chi connectivity index (χ0v) is 23.5. The van der Waals surface area contributed by atoms with Crippen LogP contribution < -0.4 is 20.2 Å². The van der Waals surface area contributed by atoms with Crippen LogP contribution in [0.15, 0.2) is 101 Å². The summed E-state index contributed by atoms with van der Waals surface area (Å²) in [6.45, 7) is 2.16. The lowest BCUT2D eigenvalue weighted by Gasteiger charge is -2.11. The summed E-state index contributed by atoms with van der Waals surface area (Å²) in [5.74, 6) is -0.645. The molecular weight excluding hydrogens is 598 g/mol. The Labute approximate surface area is 244 Å². The Morgan fingerprint density at radius 3 is 2.12 bits per heavy atom. The van der Waals surface area contributed by atoms with E-state index in [2.05, 4.69) is 31.8 Å². The van der Waals surface area contributed by atoms with E-state index in [1.807, 2.05) is 6.92 Å². The molecular formula is C30H23BrClN3O5. The minimum atomic E-state index is -0.551. The fourth-order valence-corrected chi connectivity index (χ4v) is 3.83. The summed E-state index contributed by atoms with van der Waals surface area (Å²) in [4.78, 5) is 37.4. The van der Waals surface area contributed by atoms with Crippen LogP contribution in [0.4, 0.5) is 5.69 Å². The van der Waals surface area contributed by atoms with Gasteiger partial charge in [-0.3, -0.25) is 9.59 Å². The summed E-state index contributed by atoms with van der Waals surface area (Å²) in [5.41, 5.74) is 4.85. The number of carbonyl (C=O) groups excluding carboxylic acids is 3. The number of hydrogen-bond donors (Lipinski definition) is 2. The first-order valence-electron chi connectivity index (χ1n) is 12.1. The van der Waals surface area contributed by atoms with E-state index >= 15 is 0 Å². The van der Waals surface area contributed by atoms with Crippen molar-refractivity contribution in [1.29, 1.82) is 0 Å². The maximum absolute atomic E-state index is 12.5. The second-order valence-corrected chi connectivity index (χ2v) is 9.63. The molecule has 0 saturated heterocycles. The zero-order chi connectivity index (χ0) is 28.5. The van der Waals surface area contributed by atoms with Gasteiger partial charge >= 0.3 is 5.97 Å². The monoisotopic (exact) mass is 619 g/mol. The number of carbonyl (C=O) groups is 3. The Morgan fingerprint density at radius 2 is 1.45 bits per heavy atom. The predicted octanol–water partition coefficient (Wildman–Crippen LogP) is 6.74. The van der Waals surface area contributed by atoms with E-state index in [0.29, 0.717) is 45.3 Å². The predicted molar refractivity (Wildman–Crippen MR) is 158 cm³/mol. The molecule has 0 aromatic heterocycles. The van der Waals surface area contributed by atoms with E-state index in [-0.39, 0.29) is 11.7 Å². The molecule has 0 aliphatic carbocycles. The number of nitrogens with zero attached hydrogens (tertiary/aromatic N) is 1. The number of amides is 2. The number of nitrogens with one attached hydrogen (secondary N) is 2. The summed E-state index contributed by atoms with van der Waals surface area (Å²) in [6, 6.07) is 24.7. The normalized spacial score (nSPS) is 10.7. The third kappa shape index (κ3) is 7.78. The van der Waals surface area contributed by atoms with E-state index in [4.69, 9.17) is 21.1 Å². The quantitative estimate of drug-likeness (QED) is 0.0934. The van der Waals surface area contributed by atoms with Gasteiger partial charge in [0.15, 0.2) is 11.5 Å². The molecule has 0 spiro atoms. The topological polar surface area (TPSA) is 106 Å². The van der Waals surface area contributed by atoms with Gasteiger partial charge in [0.2, 0.25) is 0 Å². The maximum Gasteiger partial charge on any atom is 0.343 e. The molecule has 0 radical (unpaired) electrons. The number of benzene rings is 4. The van der Waals surface area contributed by atoms with Crippen molar-refractivity contribution >= 4 is 57.2 Å². The second-order valence-electron chi connectivity index (χ2n) is 8.27. The fraction of sp³-hybridized carbons (Fsp3) is 0.0667. The van der Waals surface area contributed by atoms with Gasteiger partial charge in [0.05, 0.1) is 18.4 Å². The zero-order valence-electron chi connectivity index (χ0n) is 21.2. The summed E-state index contributed by atoms with van der Waals surface area (Å²) in [5, 5.41) is 7.31. The molecule has 8 nitrogen and oxygen atoms in total. The van der Waals surface area contributed by atoms with Crippen molar-refractivity contribution in [3.8, 4) is 11.5 Å². The minimum Gasteiger partial charge on any atom is -0.490 e. The number of hydrogen-bond acceptors (Lipinski definition) is 6. The number of anilines is 1. The van der Waals surface area contributed by atoms with Crippen LogP contribution in [0.5, 0.6) is 11.5 Å². The molecule has 4 aromatic carbocycles. The Kier molecular flexibility index (Phi) is 9.66. The van der Waals surface area contributed by atoms with E-state index in [9.17, 15) is 14.4 Å². The van der Waals surface area contributed by atoms with Crippen LogP contribution in [0.1, 0.15) is 43.6 Å². The summed E-state index contributed by atoms with van der Waals surface area (Å²) < 4.78 is 12.0. The molecule has 0 saturated carbocycles. The molecule has 0 heterocycles. The van der Waals surface area contributed by atoms with Crippen LogP contribution in [-0.2, 0) is 0 Å². The Hall–Kier alpha value is -4.47. The van der Waals surface area contributed by atoms with Gasteiger partial charge < -0.3 is 14.8 Å². The number of hydrazone groups is 1. The third-order valence-electron chi connectivity index (χ3n) is 5.44. The lowest BCUT2D eigenvalue weighted by molar-refractivity contribution is 0.0728. The third-order valence-corrected chi connectivity index (χ3v) is 6.22. The first-order valence-corrected chi connectivity index (χ1v) is 13.2. The molecule has 0 bridgehead atoms. The van der Waals surface area contributed by atoms with E-state index in [1.54, 1.807) is 91.0 Å². The molecule has 10 heteroatoms. The standard InChI is InChI=1S/C30H23BrClN3O5/c1-2-39-27-17-19(3-16-26(27)40-30(38)22-6-12-24(32)13-7-22)18-33-35-29(37)21-8-14-25(15-9-21)34-28(36)20-4-10-23(31)11-5-20/h3-18H,2H2,1H3,(H,34,36)(H,35,37)/b33-18-. The van der Waals surface area contributed by atoms with Crippen molar-refractivity contribution in [2.75, 3.05) is 11.9 Å². The van der Waals surface area contributed by atoms with Crippen molar-refractivity contribution in [2.24, 2.45) is 5.10 Å². The summed E-state index contributed by atoms with van der Waals surface area (Å²) in [6.07, 6.45) is 1.44. The minimum absolute atomic E-state index is 0.246. The van der Waals surface area contributed by atoms with Crippen LogP contribution in [-0.4, -0.2) is 30.6 Å². The van der Waals surface area contributed by atoms with Crippen molar-refractivity contribution in [3.63, 3.8) is 0 Å². The van der Waals surface area contributed by atoms with Crippen LogP contribution in [0.3, 0.4) is 0 Å². The van der Waals surface area contributed by atoms with Gasteiger partial charge in [-0.05, 0) is 103 Å². The van der Waals surface area contributed by atoms with Gasteiger partial charge in [0.1, 0.15) is 0 Å². The van der Waals surface area contributed by atoms with Crippen molar-refractivity contribution < 1.29 is 23.9 Å². The van der Waals surface area contributed by atoms with Crippen molar-refractivity contribution in [2.45, 2.75) is 6.92 Å². The van der Waals surface area contributed by atoms with Crippen LogP contribution >= 0.6 is 27.5 Å². The molecule has 2 N–H and O–H groups in total. The molecule has 202 valence electrons. The van der Waals surface area contributed by atoms with Gasteiger partial charge in [-0.2, -0.15) is 5.10 Å². The van der Waals surface area contributed by atoms with Crippen molar-refractivity contribution in [3.05, 3.63) is 123 Å². The highest BCUT2D eigenvalue weighted by Gasteiger charge is 2.13. The largest absolute Gasteiger partial charge is 0.490 e. The van der Waals surface area contributed by atoms with Gasteiger partial charge in [-0.25, -0.2) is 10.2 Å². The average Bonchev–Trinajstić information content (AvgIpc) is 2.95. The second kappa shape index (κ2) is 13.5. The van der Waals surface area contributed by atoms with E-state index < -0.39 is 11.9 Å². The Bertz CT molecular complexity index is 1540. The molecule has 0 aliphatic rings. The first kappa shape index (κ1) is 28.5. The van der Waals surface area contributed by atoms with Gasteiger partial charge in [0, 0.05) is 26.3 Å². The highest BCUT2D eigenvalue weighted by atomic mass is 79.9. The first-order chi connectivity index (χ1) is 19.3. The summed E-state index contributed by atoms with van der Waals surface area (Å²) >= 11 is 9.21. The molecule has 0 unspecified atom stereocenters. The van der Waals surface area contributed by atoms with Crippen LogP contribution in [0.2, 0.25) is 5.02 Å². The lowest BCUT2D eigenvalue weighted by Crippen LogP contribution is -2.18. The smallest absolute Gasteiger partial charge is 0.343 e.